The van der Waals surface area contributed by atoms with Gasteiger partial charge in [-0.15, -0.1) is 0 Å². The summed E-state index contributed by atoms with van der Waals surface area (Å²) in [4.78, 5) is 23.0. The zero-order valence-corrected chi connectivity index (χ0v) is 11.7. The molecule has 0 aliphatic carbocycles. The molecule has 7 heteroatoms. The molecule has 0 spiro atoms. The Bertz CT molecular complexity index is 315. The van der Waals surface area contributed by atoms with Crippen LogP contribution in [0.1, 0.15) is 13.8 Å². The first kappa shape index (κ1) is 16.6. The van der Waals surface area contributed by atoms with Crippen LogP contribution in [-0.2, 0) is 9.53 Å². The average Bonchev–Trinajstić information content (AvgIpc) is 2.32. The van der Waals surface area contributed by atoms with Gasteiger partial charge in [0.05, 0.1) is 12.7 Å². The van der Waals surface area contributed by atoms with Crippen LogP contribution in [0.5, 0.6) is 0 Å². The van der Waals surface area contributed by atoms with Crippen LogP contribution < -0.4 is 10.6 Å². The summed E-state index contributed by atoms with van der Waals surface area (Å²) in [5, 5.41) is 13.3. The summed E-state index contributed by atoms with van der Waals surface area (Å²) >= 11 is 1.42. The summed E-state index contributed by atoms with van der Waals surface area (Å²) in [6, 6.07) is 1.12. The van der Waals surface area contributed by atoms with E-state index in [0.717, 1.165) is 0 Å². The van der Waals surface area contributed by atoms with Gasteiger partial charge in [-0.3, -0.25) is 4.79 Å². The van der Waals surface area contributed by atoms with Gasteiger partial charge >= 0.3 is 6.09 Å². The maximum atomic E-state index is 11.6. The Kier molecular flexibility index (Phi) is 8.84. The average molecular weight is 273 g/mol. The van der Waals surface area contributed by atoms with Crippen molar-refractivity contribution in [2.24, 2.45) is 5.92 Å². The molecule has 0 rings (SSSR count). The van der Waals surface area contributed by atoms with Crippen molar-refractivity contribution in [1.82, 2.24) is 10.6 Å². The number of nitriles is 1. The van der Waals surface area contributed by atoms with Crippen molar-refractivity contribution in [2.45, 2.75) is 19.9 Å². The van der Waals surface area contributed by atoms with Gasteiger partial charge in [0.25, 0.3) is 0 Å². The molecule has 0 aromatic rings. The number of amides is 2. The highest BCUT2D eigenvalue weighted by Crippen LogP contribution is 1.99. The summed E-state index contributed by atoms with van der Waals surface area (Å²) in [6.07, 6.45) is 1.21. The van der Waals surface area contributed by atoms with E-state index in [0.29, 0.717) is 12.4 Å². The molecule has 1 atom stereocenters. The van der Waals surface area contributed by atoms with E-state index in [-0.39, 0.29) is 18.4 Å². The predicted octanol–water partition coefficient (Wildman–Crippen LogP) is 0.740. The number of thioether (sulfide) groups is 1. The zero-order chi connectivity index (χ0) is 14.0. The topological polar surface area (TPSA) is 91.2 Å². The number of nitrogens with one attached hydrogen (secondary N) is 2. The van der Waals surface area contributed by atoms with Crippen LogP contribution in [0.3, 0.4) is 0 Å². The van der Waals surface area contributed by atoms with Gasteiger partial charge in [-0.25, -0.2) is 4.79 Å². The third-order valence-electron chi connectivity index (χ3n) is 1.83. The van der Waals surface area contributed by atoms with Gasteiger partial charge in [0.1, 0.15) is 12.6 Å². The van der Waals surface area contributed by atoms with Crippen molar-refractivity contribution in [1.29, 1.82) is 5.26 Å². The van der Waals surface area contributed by atoms with Crippen LogP contribution in [0.4, 0.5) is 4.79 Å². The fraction of sp³-hybridized carbons (Fsp3) is 0.727. The molecule has 0 bridgehead atoms. The van der Waals surface area contributed by atoms with E-state index in [4.69, 9.17) is 10.00 Å². The normalized spacial score (nSPS) is 11.5. The molecule has 0 radical (unpaired) electrons. The molecular formula is C11H19N3O3S. The molecule has 0 aromatic heterocycles. The second-order valence-electron chi connectivity index (χ2n) is 4.02. The lowest BCUT2D eigenvalue weighted by Crippen LogP contribution is -2.48. The van der Waals surface area contributed by atoms with E-state index in [1.165, 1.54) is 11.8 Å². The summed E-state index contributed by atoms with van der Waals surface area (Å²) in [7, 11) is 0. The molecule has 1 unspecified atom stereocenters. The monoisotopic (exact) mass is 273 g/mol. The number of ether oxygens (including phenoxy) is 1. The lowest BCUT2D eigenvalue weighted by Gasteiger charge is -2.17. The van der Waals surface area contributed by atoms with E-state index >= 15 is 0 Å². The van der Waals surface area contributed by atoms with E-state index in [9.17, 15) is 9.59 Å². The lowest BCUT2D eigenvalue weighted by molar-refractivity contribution is -0.122. The number of rotatable bonds is 7. The highest BCUT2D eigenvalue weighted by Gasteiger charge is 2.20. The van der Waals surface area contributed by atoms with Crippen molar-refractivity contribution in [3.63, 3.8) is 0 Å². The lowest BCUT2D eigenvalue weighted by atomic mass is 10.2. The molecule has 0 saturated carbocycles. The van der Waals surface area contributed by atoms with Crippen LogP contribution in [0.2, 0.25) is 0 Å². The minimum Gasteiger partial charge on any atom is -0.449 e. The zero-order valence-electron chi connectivity index (χ0n) is 10.9. The minimum absolute atomic E-state index is 0.0769. The smallest absolute Gasteiger partial charge is 0.407 e. The van der Waals surface area contributed by atoms with Crippen molar-refractivity contribution in [2.75, 3.05) is 25.2 Å². The minimum atomic E-state index is -0.687. The second kappa shape index (κ2) is 9.59. The molecule has 0 aromatic carbocycles. The molecule has 0 saturated heterocycles. The first-order chi connectivity index (χ1) is 8.51. The molecular weight excluding hydrogens is 254 g/mol. The van der Waals surface area contributed by atoms with Crippen LogP contribution in [0.25, 0.3) is 0 Å². The fourth-order valence-electron chi connectivity index (χ4n) is 1.03. The van der Waals surface area contributed by atoms with Gasteiger partial charge in [-0.1, -0.05) is 13.8 Å². The largest absolute Gasteiger partial charge is 0.449 e. The Hall–Kier alpha value is -1.42. The van der Waals surface area contributed by atoms with Crippen molar-refractivity contribution in [3.8, 4) is 6.07 Å². The second-order valence-corrected chi connectivity index (χ2v) is 4.93. The maximum absolute atomic E-state index is 11.6. The number of nitrogens with zero attached hydrogens (tertiary/aromatic N) is 1. The van der Waals surface area contributed by atoms with Gasteiger partial charge < -0.3 is 15.4 Å². The fourth-order valence-corrected chi connectivity index (χ4v) is 1.59. The van der Waals surface area contributed by atoms with Crippen LogP contribution in [-0.4, -0.2) is 43.2 Å². The van der Waals surface area contributed by atoms with Gasteiger partial charge in [0.2, 0.25) is 5.91 Å². The maximum Gasteiger partial charge on any atom is 0.407 e. The van der Waals surface area contributed by atoms with E-state index < -0.39 is 12.1 Å². The summed E-state index contributed by atoms with van der Waals surface area (Å²) in [5.74, 6) is 0.281. The van der Waals surface area contributed by atoms with Crippen LogP contribution in [0.15, 0.2) is 0 Å². The van der Waals surface area contributed by atoms with Gasteiger partial charge in [0, 0.05) is 5.75 Å². The summed E-state index contributed by atoms with van der Waals surface area (Å²) in [5.41, 5.74) is 0. The summed E-state index contributed by atoms with van der Waals surface area (Å²) < 4.78 is 4.93. The first-order valence-corrected chi connectivity index (χ1v) is 6.97. The Morgan fingerprint density at radius 1 is 1.44 bits per heavy atom. The Morgan fingerprint density at radius 3 is 2.61 bits per heavy atom. The molecule has 2 amide bonds. The van der Waals surface area contributed by atoms with Crippen LogP contribution >= 0.6 is 11.8 Å². The molecule has 0 aliphatic heterocycles. The molecule has 18 heavy (non-hydrogen) atoms. The Morgan fingerprint density at radius 2 is 2.11 bits per heavy atom. The van der Waals surface area contributed by atoms with E-state index in [1.807, 2.05) is 20.1 Å². The predicted molar refractivity (Wildman–Crippen MR) is 70.1 cm³/mol. The van der Waals surface area contributed by atoms with Crippen molar-refractivity contribution >= 4 is 23.8 Å². The van der Waals surface area contributed by atoms with Crippen molar-refractivity contribution in [3.05, 3.63) is 0 Å². The molecule has 6 nitrogen and oxygen atoms in total. The Labute approximate surface area is 111 Å². The Balaban J connectivity index is 4.21. The first-order valence-electron chi connectivity index (χ1n) is 5.58. The van der Waals surface area contributed by atoms with Crippen molar-refractivity contribution < 1.29 is 14.3 Å². The highest BCUT2D eigenvalue weighted by molar-refractivity contribution is 7.98. The van der Waals surface area contributed by atoms with E-state index in [1.54, 1.807) is 6.07 Å². The van der Waals surface area contributed by atoms with Gasteiger partial charge in [-0.2, -0.15) is 17.0 Å². The van der Waals surface area contributed by atoms with E-state index in [2.05, 4.69) is 10.6 Å². The highest BCUT2D eigenvalue weighted by atomic mass is 32.2. The number of hydrogen-bond acceptors (Lipinski definition) is 5. The van der Waals surface area contributed by atoms with Gasteiger partial charge in [0.15, 0.2) is 0 Å². The molecule has 2 N–H and O–H groups in total. The standard InChI is InChI=1S/C11H19N3O3S/c1-8(2)6-17-11(16)14-9(7-18-3)10(15)13-5-4-12/h8-9H,5-7H2,1-3H3,(H,13,15)(H,14,16). The molecule has 0 fully saturated rings. The number of hydrogen-bond donors (Lipinski definition) is 2. The number of carbonyl (C=O) groups is 2. The number of carbonyl (C=O) groups excluding carboxylic acids is 2. The quantitative estimate of drug-likeness (QED) is 0.668. The van der Waals surface area contributed by atoms with Crippen LogP contribution in [0, 0.1) is 17.2 Å². The molecule has 0 heterocycles. The number of alkyl carbamates (subject to hydrolysis) is 1. The SMILES string of the molecule is CSCC(NC(=O)OCC(C)C)C(=O)NCC#N. The molecule has 102 valence electrons. The third-order valence-corrected chi connectivity index (χ3v) is 2.50. The third kappa shape index (κ3) is 7.79. The summed E-state index contributed by atoms with van der Waals surface area (Å²) in [6.45, 7) is 4.07. The molecule has 0 aliphatic rings. The van der Waals surface area contributed by atoms with Gasteiger partial charge in [-0.05, 0) is 12.2 Å².